The molecule has 7 heteroatoms. The lowest BCUT2D eigenvalue weighted by Crippen LogP contribution is -2.42. The maximum Gasteiger partial charge on any atom is 0.266 e. The van der Waals surface area contributed by atoms with Crippen molar-refractivity contribution >= 4 is 6.41 Å². The van der Waals surface area contributed by atoms with Crippen molar-refractivity contribution in [3.63, 3.8) is 0 Å². The van der Waals surface area contributed by atoms with Crippen LogP contribution in [0.1, 0.15) is 12.6 Å². The molecule has 1 atom stereocenters. The Labute approximate surface area is 84.3 Å². The van der Waals surface area contributed by atoms with E-state index in [1.807, 2.05) is 0 Å². The van der Waals surface area contributed by atoms with E-state index in [1.165, 1.54) is 21.5 Å². The van der Waals surface area contributed by atoms with E-state index in [0.717, 1.165) is 0 Å². The first kappa shape index (κ1) is 9.66. The third kappa shape index (κ3) is 1.57. The minimum absolute atomic E-state index is 0.218. The van der Waals surface area contributed by atoms with Crippen LogP contribution >= 0.6 is 0 Å². The van der Waals surface area contributed by atoms with Crippen LogP contribution in [0, 0.1) is 0 Å². The molecule has 0 saturated heterocycles. The fourth-order valence-corrected chi connectivity index (χ4v) is 1.70. The summed E-state index contributed by atoms with van der Waals surface area (Å²) in [6, 6.07) is 2.47. The number of hydrogen-bond acceptors (Lipinski definition) is 4. The van der Waals surface area contributed by atoms with Gasteiger partial charge in [-0.3, -0.25) is 19.8 Å². The van der Waals surface area contributed by atoms with Crippen molar-refractivity contribution in [1.82, 2.24) is 20.2 Å². The SMILES string of the molecule is O=CNNC1CCn2c(=O)ccc(=O)n21. The summed E-state index contributed by atoms with van der Waals surface area (Å²) >= 11 is 0. The predicted molar refractivity (Wildman–Crippen MR) is 51.0 cm³/mol. The molecular weight excluding hydrogens is 200 g/mol. The number of nitrogens with one attached hydrogen (secondary N) is 2. The van der Waals surface area contributed by atoms with Crippen LogP contribution in [-0.2, 0) is 11.3 Å². The van der Waals surface area contributed by atoms with E-state index in [-0.39, 0.29) is 17.3 Å². The molecule has 1 amide bonds. The first-order valence-corrected chi connectivity index (χ1v) is 4.51. The molecule has 0 fully saturated rings. The maximum atomic E-state index is 11.5. The first-order valence-electron chi connectivity index (χ1n) is 4.51. The van der Waals surface area contributed by atoms with Gasteiger partial charge in [0.05, 0.1) is 0 Å². The summed E-state index contributed by atoms with van der Waals surface area (Å²) in [6.45, 7) is 0.465. The highest BCUT2D eigenvalue weighted by molar-refractivity contribution is 5.44. The van der Waals surface area contributed by atoms with Gasteiger partial charge in [-0.05, 0) is 0 Å². The monoisotopic (exact) mass is 210 g/mol. The third-order valence-electron chi connectivity index (χ3n) is 2.33. The molecule has 0 saturated carbocycles. The summed E-state index contributed by atoms with van der Waals surface area (Å²) in [5.41, 5.74) is 4.43. The quantitative estimate of drug-likeness (QED) is 0.453. The molecule has 0 spiro atoms. The van der Waals surface area contributed by atoms with E-state index in [4.69, 9.17) is 0 Å². The number of nitrogens with zero attached hydrogens (tertiary/aromatic N) is 2. The first-order chi connectivity index (χ1) is 7.24. The minimum Gasteiger partial charge on any atom is -0.292 e. The summed E-state index contributed by atoms with van der Waals surface area (Å²) in [5.74, 6) is 0. The van der Waals surface area contributed by atoms with Crippen LogP contribution in [0.2, 0.25) is 0 Å². The Kier molecular flexibility index (Phi) is 2.38. The topological polar surface area (TPSA) is 85.1 Å². The van der Waals surface area contributed by atoms with Gasteiger partial charge in [0.15, 0.2) is 0 Å². The van der Waals surface area contributed by atoms with Crippen molar-refractivity contribution in [3.8, 4) is 0 Å². The number of rotatable bonds is 3. The van der Waals surface area contributed by atoms with Crippen LogP contribution in [0.25, 0.3) is 0 Å². The average Bonchev–Trinajstić information content (AvgIpc) is 2.65. The number of carbonyl (C=O) groups is 1. The van der Waals surface area contributed by atoms with Gasteiger partial charge >= 0.3 is 0 Å². The van der Waals surface area contributed by atoms with Gasteiger partial charge in [-0.15, -0.1) is 0 Å². The highest BCUT2D eigenvalue weighted by atomic mass is 16.2. The van der Waals surface area contributed by atoms with Gasteiger partial charge in [0.25, 0.3) is 11.1 Å². The summed E-state index contributed by atoms with van der Waals surface area (Å²) in [6.07, 6.45) is 0.700. The fourth-order valence-electron chi connectivity index (χ4n) is 1.70. The van der Waals surface area contributed by atoms with Gasteiger partial charge < -0.3 is 0 Å². The van der Waals surface area contributed by atoms with Gasteiger partial charge in [0, 0.05) is 25.1 Å². The van der Waals surface area contributed by atoms with Crippen molar-refractivity contribution in [2.45, 2.75) is 19.1 Å². The number of hydrazine groups is 1. The van der Waals surface area contributed by atoms with Crippen LogP contribution in [0.5, 0.6) is 0 Å². The van der Waals surface area contributed by atoms with Crippen molar-refractivity contribution in [2.75, 3.05) is 0 Å². The number of hydrogen-bond donors (Lipinski definition) is 2. The molecule has 2 rings (SSSR count). The highest BCUT2D eigenvalue weighted by Crippen LogP contribution is 2.11. The summed E-state index contributed by atoms with van der Waals surface area (Å²) in [4.78, 5) is 32.9. The van der Waals surface area contributed by atoms with Gasteiger partial charge in [0.1, 0.15) is 6.17 Å². The molecule has 7 nitrogen and oxygen atoms in total. The van der Waals surface area contributed by atoms with Gasteiger partial charge in [0.2, 0.25) is 6.41 Å². The molecule has 2 heterocycles. The lowest BCUT2D eigenvalue weighted by Gasteiger charge is -2.13. The Bertz CT molecular complexity index is 489. The van der Waals surface area contributed by atoms with E-state index in [9.17, 15) is 14.4 Å². The third-order valence-corrected chi connectivity index (χ3v) is 2.33. The molecule has 1 aromatic rings. The average molecular weight is 210 g/mol. The lowest BCUT2D eigenvalue weighted by molar-refractivity contribution is -0.110. The maximum absolute atomic E-state index is 11.5. The standard InChI is InChI=1S/C8H10N4O3/c13-5-9-10-6-3-4-11-7(14)1-2-8(15)12(6)11/h1-2,5-6,10H,3-4H2,(H,9,13). The van der Waals surface area contributed by atoms with Crippen molar-refractivity contribution in [2.24, 2.45) is 0 Å². The molecule has 15 heavy (non-hydrogen) atoms. The summed E-state index contributed by atoms with van der Waals surface area (Å²) < 4.78 is 2.66. The molecule has 1 aliphatic rings. The van der Waals surface area contributed by atoms with Crippen LogP contribution in [0.4, 0.5) is 0 Å². The van der Waals surface area contributed by atoms with Gasteiger partial charge in [-0.1, -0.05) is 0 Å². The molecule has 2 N–H and O–H groups in total. The fraction of sp³-hybridized carbons (Fsp3) is 0.375. The number of aromatic nitrogens is 2. The summed E-state index contributed by atoms with van der Waals surface area (Å²) in [7, 11) is 0. The summed E-state index contributed by atoms with van der Waals surface area (Å²) in [5, 5.41) is 0. The number of amides is 1. The lowest BCUT2D eigenvalue weighted by atomic mass is 10.4. The van der Waals surface area contributed by atoms with E-state index < -0.39 is 0 Å². The molecule has 0 aliphatic carbocycles. The van der Waals surface area contributed by atoms with Gasteiger partial charge in [-0.2, -0.15) is 0 Å². The van der Waals surface area contributed by atoms with Crippen molar-refractivity contribution in [3.05, 3.63) is 32.8 Å². The molecule has 1 aliphatic heterocycles. The Balaban J connectivity index is 2.41. The van der Waals surface area contributed by atoms with Crippen molar-refractivity contribution in [1.29, 1.82) is 0 Å². The zero-order chi connectivity index (χ0) is 10.8. The second-order valence-corrected chi connectivity index (χ2v) is 3.19. The van der Waals surface area contributed by atoms with Crippen molar-refractivity contribution < 1.29 is 4.79 Å². The highest BCUT2D eigenvalue weighted by Gasteiger charge is 2.22. The van der Waals surface area contributed by atoms with Gasteiger partial charge in [-0.25, -0.2) is 14.8 Å². The molecule has 0 radical (unpaired) electrons. The van der Waals surface area contributed by atoms with Crippen LogP contribution in [0.15, 0.2) is 21.7 Å². The Morgan fingerprint density at radius 2 is 2.07 bits per heavy atom. The normalized spacial score (nSPS) is 18.5. The minimum atomic E-state index is -0.364. The molecule has 80 valence electrons. The van der Waals surface area contributed by atoms with Crippen LogP contribution in [0.3, 0.4) is 0 Å². The second kappa shape index (κ2) is 3.70. The van der Waals surface area contributed by atoms with E-state index in [2.05, 4.69) is 10.9 Å². The Morgan fingerprint density at radius 3 is 2.80 bits per heavy atom. The zero-order valence-corrected chi connectivity index (χ0v) is 7.84. The zero-order valence-electron chi connectivity index (χ0n) is 7.84. The molecule has 0 bridgehead atoms. The largest absolute Gasteiger partial charge is 0.292 e. The Hall–Kier alpha value is -1.89. The number of fused-ring (bicyclic) bond motifs is 1. The molecule has 0 aromatic carbocycles. The molecular formula is C8H10N4O3. The number of carbonyl (C=O) groups excluding carboxylic acids is 1. The second-order valence-electron chi connectivity index (χ2n) is 3.19. The molecule has 1 aromatic heterocycles. The Morgan fingerprint density at radius 1 is 1.33 bits per heavy atom. The van der Waals surface area contributed by atoms with Crippen LogP contribution < -0.4 is 22.0 Å². The molecule has 1 unspecified atom stereocenters. The van der Waals surface area contributed by atoms with E-state index in [1.54, 1.807) is 0 Å². The van der Waals surface area contributed by atoms with E-state index in [0.29, 0.717) is 19.4 Å². The predicted octanol–water partition coefficient (Wildman–Crippen LogP) is -1.84. The smallest absolute Gasteiger partial charge is 0.266 e. The van der Waals surface area contributed by atoms with Crippen LogP contribution in [-0.4, -0.2) is 15.8 Å². The van der Waals surface area contributed by atoms with E-state index >= 15 is 0 Å².